The van der Waals surface area contributed by atoms with Gasteiger partial charge in [0.1, 0.15) is 11.5 Å². The molecular weight excluding hydrogens is 276 g/mol. The first-order chi connectivity index (χ1) is 8.47. The Bertz CT molecular complexity index is 545. The summed E-state index contributed by atoms with van der Waals surface area (Å²) < 4.78 is 18.8. The predicted octanol–water partition coefficient (Wildman–Crippen LogP) is 5.21. The number of halogens is 3. The van der Waals surface area contributed by atoms with Gasteiger partial charge in [0.15, 0.2) is 5.82 Å². The molecular formula is C13H12Cl2FNO. The first kappa shape index (κ1) is 13.2. The van der Waals surface area contributed by atoms with Gasteiger partial charge in [0.05, 0.1) is 16.1 Å². The summed E-state index contributed by atoms with van der Waals surface area (Å²) in [6.07, 6.45) is 0. The van der Waals surface area contributed by atoms with E-state index >= 15 is 0 Å². The second-order valence-corrected chi connectivity index (χ2v) is 4.88. The van der Waals surface area contributed by atoms with E-state index in [4.69, 9.17) is 27.6 Å². The molecule has 96 valence electrons. The third-order valence-electron chi connectivity index (χ3n) is 2.55. The lowest BCUT2D eigenvalue weighted by molar-refractivity contribution is 0.467. The van der Waals surface area contributed by atoms with Crippen LogP contribution >= 0.6 is 23.2 Å². The molecule has 0 aliphatic heterocycles. The average molecular weight is 288 g/mol. The van der Waals surface area contributed by atoms with E-state index in [1.165, 1.54) is 12.1 Å². The van der Waals surface area contributed by atoms with Gasteiger partial charge in [-0.25, -0.2) is 4.39 Å². The summed E-state index contributed by atoms with van der Waals surface area (Å²) in [5.41, 5.74) is 0.646. The Balaban J connectivity index is 2.19. The molecule has 0 fully saturated rings. The summed E-state index contributed by atoms with van der Waals surface area (Å²) in [5.74, 6) is 1.03. The summed E-state index contributed by atoms with van der Waals surface area (Å²) in [6.45, 7) is 3.81. The Kier molecular flexibility index (Phi) is 3.83. The molecule has 5 heteroatoms. The van der Waals surface area contributed by atoms with Crippen molar-refractivity contribution in [3.8, 4) is 0 Å². The minimum absolute atomic E-state index is 0.00664. The zero-order chi connectivity index (χ0) is 13.3. The molecule has 1 heterocycles. The van der Waals surface area contributed by atoms with Crippen LogP contribution in [0.1, 0.15) is 24.5 Å². The van der Waals surface area contributed by atoms with E-state index < -0.39 is 5.82 Å². The lowest BCUT2D eigenvalue weighted by atomic mass is 10.2. The topological polar surface area (TPSA) is 25.2 Å². The highest BCUT2D eigenvalue weighted by atomic mass is 35.5. The number of benzene rings is 1. The van der Waals surface area contributed by atoms with Crippen molar-refractivity contribution in [1.82, 2.24) is 0 Å². The molecule has 0 aliphatic carbocycles. The van der Waals surface area contributed by atoms with Gasteiger partial charge in [0.25, 0.3) is 0 Å². The molecule has 2 nitrogen and oxygen atoms in total. The fraction of sp³-hybridized carbons (Fsp3) is 0.231. The molecule has 2 rings (SSSR count). The molecule has 0 saturated carbocycles. The first-order valence-corrected chi connectivity index (χ1v) is 6.20. The van der Waals surface area contributed by atoms with Crippen molar-refractivity contribution in [3.05, 3.63) is 51.6 Å². The largest absolute Gasteiger partial charge is 0.464 e. The van der Waals surface area contributed by atoms with Crippen LogP contribution in [0.2, 0.25) is 10.0 Å². The molecule has 1 atom stereocenters. The second-order valence-electron chi connectivity index (χ2n) is 4.07. The van der Waals surface area contributed by atoms with E-state index in [-0.39, 0.29) is 16.1 Å². The van der Waals surface area contributed by atoms with Crippen molar-refractivity contribution < 1.29 is 8.81 Å². The smallest absolute Gasteiger partial charge is 0.160 e. The highest BCUT2D eigenvalue weighted by molar-refractivity contribution is 6.35. The number of aryl methyl sites for hydroxylation is 1. The summed E-state index contributed by atoms with van der Waals surface area (Å²) in [7, 11) is 0. The average Bonchev–Trinajstić information content (AvgIpc) is 2.72. The highest BCUT2D eigenvalue weighted by Crippen LogP contribution is 2.29. The normalized spacial score (nSPS) is 12.5. The molecule has 1 unspecified atom stereocenters. The van der Waals surface area contributed by atoms with Gasteiger partial charge >= 0.3 is 0 Å². The molecule has 0 aliphatic rings. The van der Waals surface area contributed by atoms with Crippen molar-refractivity contribution in [2.24, 2.45) is 0 Å². The monoisotopic (exact) mass is 287 g/mol. The number of hydrogen-bond acceptors (Lipinski definition) is 2. The Morgan fingerprint density at radius 1 is 1.22 bits per heavy atom. The van der Waals surface area contributed by atoms with Gasteiger partial charge in [-0.1, -0.05) is 23.2 Å². The highest BCUT2D eigenvalue weighted by Gasteiger charge is 2.12. The van der Waals surface area contributed by atoms with Gasteiger partial charge in [-0.2, -0.15) is 0 Å². The lowest BCUT2D eigenvalue weighted by Crippen LogP contribution is -2.05. The SMILES string of the molecule is Cc1ccc(C(C)Nc2cc(Cl)c(F)c(Cl)c2)o1. The molecule has 18 heavy (non-hydrogen) atoms. The Morgan fingerprint density at radius 2 is 1.83 bits per heavy atom. The fourth-order valence-corrected chi connectivity index (χ4v) is 2.13. The standard InChI is InChI=1S/C13H12Cl2FNO/c1-7-3-4-12(18-7)8(2)17-9-5-10(14)13(16)11(15)6-9/h3-6,8,17H,1-2H3. The summed E-state index contributed by atoms with van der Waals surface area (Å²) in [6, 6.07) is 6.71. The van der Waals surface area contributed by atoms with Gasteiger partial charge in [0, 0.05) is 5.69 Å². The van der Waals surface area contributed by atoms with Crippen LogP contribution in [0.4, 0.5) is 10.1 Å². The minimum atomic E-state index is -0.606. The zero-order valence-corrected chi connectivity index (χ0v) is 11.4. The van der Waals surface area contributed by atoms with Crippen molar-refractivity contribution >= 4 is 28.9 Å². The molecule has 0 bridgehead atoms. The Labute approximate surface area is 115 Å². The third-order valence-corrected chi connectivity index (χ3v) is 3.10. The van der Waals surface area contributed by atoms with Crippen LogP contribution in [-0.2, 0) is 0 Å². The Morgan fingerprint density at radius 3 is 2.33 bits per heavy atom. The summed E-state index contributed by atoms with van der Waals surface area (Å²) >= 11 is 11.5. The van der Waals surface area contributed by atoms with E-state index in [9.17, 15) is 4.39 Å². The molecule has 2 aromatic rings. The van der Waals surface area contributed by atoms with Crippen LogP contribution in [-0.4, -0.2) is 0 Å². The van der Waals surface area contributed by atoms with Crippen LogP contribution in [0.5, 0.6) is 0 Å². The molecule has 1 N–H and O–H groups in total. The van der Waals surface area contributed by atoms with Crippen LogP contribution < -0.4 is 5.32 Å². The summed E-state index contributed by atoms with van der Waals surface area (Å²) in [5, 5.41) is 3.14. The van der Waals surface area contributed by atoms with E-state index in [0.29, 0.717) is 5.69 Å². The van der Waals surface area contributed by atoms with Crippen molar-refractivity contribution in [2.45, 2.75) is 19.9 Å². The summed E-state index contributed by atoms with van der Waals surface area (Å²) in [4.78, 5) is 0. The van der Waals surface area contributed by atoms with E-state index in [0.717, 1.165) is 11.5 Å². The third kappa shape index (κ3) is 2.79. The van der Waals surface area contributed by atoms with Gasteiger partial charge < -0.3 is 9.73 Å². The van der Waals surface area contributed by atoms with Gasteiger partial charge in [-0.05, 0) is 38.1 Å². The number of furan rings is 1. The second kappa shape index (κ2) is 5.21. The van der Waals surface area contributed by atoms with Crippen LogP contribution in [0.3, 0.4) is 0 Å². The number of rotatable bonds is 3. The maximum Gasteiger partial charge on any atom is 0.160 e. The molecule has 0 saturated heterocycles. The maximum absolute atomic E-state index is 13.3. The maximum atomic E-state index is 13.3. The number of anilines is 1. The van der Waals surface area contributed by atoms with Crippen molar-refractivity contribution in [1.29, 1.82) is 0 Å². The predicted molar refractivity (Wildman–Crippen MR) is 71.9 cm³/mol. The van der Waals surface area contributed by atoms with Gasteiger partial charge in [-0.15, -0.1) is 0 Å². The fourth-order valence-electron chi connectivity index (χ4n) is 1.65. The zero-order valence-electron chi connectivity index (χ0n) is 9.93. The van der Waals surface area contributed by atoms with Gasteiger partial charge in [-0.3, -0.25) is 0 Å². The molecule has 0 radical (unpaired) electrons. The molecule has 1 aromatic carbocycles. The first-order valence-electron chi connectivity index (χ1n) is 5.45. The van der Waals surface area contributed by atoms with E-state index in [2.05, 4.69) is 5.32 Å². The van der Waals surface area contributed by atoms with Crippen LogP contribution in [0.15, 0.2) is 28.7 Å². The quantitative estimate of drug-likeness (QED) is 0.784. The van der Waals surface area contributed by atoms with Gasteiger partial charge in [0.2, 0.25) is 0 Å². The number of nitrogens with one attached hydrogen (secondary N) is 1. The molecule has 0 amide bonds. The lowest BCUT2D eigenvalue weighted by Gasteiger charge is -2.14. The van der Waals surface area contributed by atoms with Crippen LogP contribution in [0.25, 0.3) is 0 Å². The Hall–Kier alpha value is -1.19. The van der Waals surface area contributed by atoms with E-state index in [1.807, 2.05) is 26.0 Å². The molecule has 0 spiro atoms. The van der Waals surface area contributed by atoms with E-state index in [1.54, 1.807) is 0 Å². The van der Waals surface area contributed by atoms with Crippen molar-refractivity contribution in [3.63, 3.8) is 0 Å². The van der Waals surface area contributed by atoms with Crippen molar-refractivity contribution in [2.75, 3.05) is 5.32 Å². The minimum Gasteiger partial charge on any atom is -0.464 e. The number of hydrogen-bond donors (Lipinski definition) is 1. The van der Waals surface area contributed by atoms with Crippen LogP contribution in [0, 0.1) is 12.7 Å². The molecule has 1 aromatic heterocycles.